The van der Waals surface area contributed by atoms with E-state index in [9.17, 15) is 26.3 Å². The Morgan fingerprint density at radius 3 is 2.00 bits per heavy atom. The topological polar surface area (TPSA) is 9.23 Å². The van der Waals surface area contributed by atoms with E-state index >= 15 is 4.39 Å². The quantitative estimate of drug-likeness (QED) is 0.120. The van der Waals surface area contributed by atoms with E-state index in [0.717, 1.165) is 31.2 Å². The zero-order valence-electron chi connectivity index (χ0n) is 22.7. The maximum atomic E-state index is 15.2. The monoisotopic (exact) mass is 576 g/mol. The van der Waals surface area contributed by atoms with E-state index in [0.29, 0.717) is 53.7 Å². The van der Waals surface area contributed by atoms with Crippen molar-refractivity contribution in [1.29, 1.82) is 0 Å². The predicted molar refractivity (Wildman–Crippen MR) is 146 cm³/mol. The summed E-state index contributed by atoms with van der Waals surface area (Å²) in [6, 6.07) is 14.7. The van der Waals surface area contributed by atoms with Crippen LogP contribution in [-0.2, 0) is 31.9 Å². The number of fused-ring (bicyclic) bond motifs is 1. The van der Waals surface area contributed by atoms with E-state index in [1.54, 1.807) is 36.4 Å². The first-order valence-corrected chi connectivity index (χ1v) is 13.7. The molecule has 0 saturated heterocycles. The molecule has 0 aromatic heterocycles. The summed E-state index contributed by atoms with van der Waals surface area (Å²) >= 11 is 0. The van der Waals surface area contributed by atoms with Gasteiger partial charge in [-0.2, -0.15) is 13.2 Å². The summed E-state index contributed by atoms with van der Waals surface area (Å²) in [5, 5.41) is 0.991. The van der Waals surface area contributed by atoms with Crippen LogP contribution in [0.4, 0.5) is 30.7 Å². The fourth-order valence-corrected chi connectivity index (χ4v) is 4.87. The molecule has 0 unspecified atom stereocenters. The van der Waals surface area contributed by atoms with Gasteiger partial charge in [0.15, 0.2) is 0 Å². The first kappa shape index (κ1) is 30.4. The Morgan fingerprint density at radius 1 is 0.634 bits per heavy atom. The first-order chi connectivity index (χ1) is 19.6. The van der Waals surface area contributed by atoms with Crippen molar-refractivity contribution in [2.45, 2.75) is 64.5 Å². The van der Waals surface area contributed by atoms with Crippen LogP contribution in [0.5, 0.6) is 5.75 Å². The Balaban J connectivity index is 1.38. The SMILES string of the molecule is CCCCCCOc1ccc(CCc2ccc3c(F)c(CCc4cc(F)c(C(F)(F)F)c(F)c4)ccc3c2)c(F)c1. The van der Waals surface area contributed by atoms with Crippen molar-refractivity contribution in [3.8, 4) is 5.75 Å². The summed E-state index contributed by atoms with van der Waals surface area (Å²) in [5.74, 6) is -3.71. The van der Waals surface area contributed by atoms with Gasteiger partial charge in [0.05, 0.1) is 6.61 Å². The highest BCUT2D eigenvalue weighted by Crippen LogP contribution is 2.34. The Kier molecular flexibility index (Phi) is 9.94. The van der Waals surface area contributed by atoms with Crippen molar-refractivity contribution in [2.75, 3.05) is 6.61 Å². The molecule has 4 aromatic rings. The minimum atomic E-state index is -5.14. The van der Waals surface area contributed by atoms with Gasteiger partial charge < -0.3 is 4.74 Å². The van der Waals surface area contributed by atoms with E-state index in [-0.39, 0.29) is 29.8 Å². The summed E-state index contributed by atoms with van der Waals surface area (Å²) in [6.45, 7) is 2.69. The van der Waals surface area contributed by atoms with Crippen molar-refractivity contribution >= 4 is 10.8 Å². The summed E-state index contributed by atoms with van der Waals surface area (Å²) in [4.78, 5) is 0. The van der Waals surface area contributed by atoms with Crippen LogP contribution in [0.3, 0.4) is 0 Å². The molecule has 4 rings (SSSR count). The molecular formula is C33H31F7O. The van der Waals surface area contributed by atoms with Crippen LogP contribution in [0, 0.1) is 23.3 Å². The van der Waals surface area contributed by atoms with E-state index in [1.165, 1.54) is 6.07 Å². The third-order valence-electron chi connectivity index (χ3n) is 7.14. The van der Waals surface area contributed by atoms with Crippen LogP contribution in [0.15, 0.2) is 60.7 Å². The lowest BCUT2D eigenvalue weighted by Gasteiger charge is -2.12. The van der Waals surface area contributed by atoms with Gasteiger partial charge in [-0.05, 0) is 77.9 Å². The van der Waals surface area contributed by atoms with Crippen molar-refractivity contribution < 1.29 is 35.5 Å². The first-order valence-electron chi connectivity index (χ1n) is 13.7. The zero-order valence-corrected chi connectivity index (χ0v) is 22.7. The number of hydrogen-bond acceptors (Lipinski definition) is 1. The van der Waals surface area contributed by atoms with Crippen LogP contribution in [0.2, 0.25) is 0 Å². The highest BCUT2D eigenvalue weighted by Gasteiger charge is 2.37. The lowest BCUT2D eigenvalue weighted by atomic mass is 9.97. The second-order valence-corrected chi connectivity index (χ2v) is 10.2. The Morgan fingerprint density at radius 2 is 1.32 bits per heavy atom. The number of rotatable bonds is 12. The molecule has 0 bridgehead atoms. The van der Waals surface area contributed by atoms with Crippen molar-refractivity contribution in [3.63, 3.8) is 0 Å². The molecule has 4 aromatic carbocycles. The molecular weight excluding hydrogens is 545 g/mol. The van der Waals surface area contributed by atoms with Gasteiger partial charge >= 0.3 is 6.18 Å². The molecule has 0 saturated carbocycles. The number of alkyl halides is 3. The van der Waals surface area contributed by atoms with Crippen LogP contribution in [0.1, 0.15) is 60.4 Å². The van der Waals surface area contributed by atoms with E-state index < -0.39 is 29.2 Å². The molecule has 1 nitrogen and oxygen atoms in total. The molecule has 0 aliphatic carbocycles. The second-order valence-electron chi connectivity index (χ2n) is 10.2. The number of hydrogen-bond donors (Lipinski definition) is 0. The molecule has 218 valence electrons. The number of ether oxygens (including phenoxy) is 1. The summed E-state index contributed by atoms with van der Waals surface area (Å²) in [7, 11) is 0. The fraction of sp³-hybridized carbons (Fsp3) is 0.333. The average Bonchev–Trinajstić information content (AvgIpc) is 2.91. The highest BCUT2D eigenvalue weighted by molar-refractivity contribution is 5.84. The smallest absolute Gasteiger partial charge is 0.422 e. The zero-order chi connectivity index (χ0) is 29.6. The molecule has 0 aliphatic heterocycles. The molecule has 0 radical (unpaired) electrons. The van der Waals surface area contributed by atoms with Gasteiger partial charge in [-0.1, -0.05) is 62.6 Å². The van der Waals surface area contributed by atoms with Gasteiger partial charge in [0.25, 0.3) is 0 Å². The fourth-order valence-electron chi connectivity index (χ4n) is 4.87. The van der Waals surface area contributed by atoms with Crippen LogP contribution in [-0.4, -0.2) is 6.61 Å². The van der Waals surface area contributed by atoms with Gasteiger partial charge in [0, 0.05) is 11.5 Å². The van der Waals surface area contributed by atoms with Crippen LogP contribution in [0.25, 0.3) is 10.8 Å². The Labute approximate surface area is 235 Å². The maximum Gasteiger partial charge on any atom is 0.422 e. The van der Waals surface area contributed by atoms with E-state index in [1.807, 2.05) is 6.07 Å². The molecule has 0 amide bonds. The minimum Gasteiger partial charge on any atom is -0.493 e. The lowest BCUT2D eigenvalue weighted by molar-refractivity contribution is -0.142. The number of halogens is 7. The lowest BCUT2D eigenvalue weighted by Crippen LogP contribution is -2.12. The minimum absolute atomic E-state index is 0.00152. The normalized spacial score (nSPS) is 11.8. The molecule has 0 heterocycles. The second kappa shape index (κ2) is 13.4. The van der Waals surface area contributed by atoms with Gasteiger partial charge in [0.1, 0.15) is 34.6 Å². The van der Waals surface area contributed by atoms with Crippen LogP contribution >= 0.6 is 0 Å². The maximum absolute atomic E-state index is 15.2. The van der Waals surface area contributed by atoms with Gasteiger partial charge in [-0.15, -0.1) is 0 Å². The van der Waals surface area contributed by atoms with Gasteiger partial charge in [-0.25, -0.2) is 17.6 Å². The third-order valence-corrected chi connectivity index (χ3v) is 7.14. The van der Waals surface area contributed by atoms with Crippen LogP contribution < -0.4 is 4.74 Å². The van der Waals surface area contributed by atoms with E-state index in [4.69, 9.17) is 4.74 Å². The number of benzene rings is 4. The molecule has 8 heteroatoms. The summed E-state index contributed by atoms with van der Waals surface area (Å²) in [5.41, 5.74) is -0.199. The predicted octanol–water partition coefficient (Wildman–Crippen LogP) is 9.94. The average molecular weight is 577 g/mol. The molecule has 0 atom stereocenters. The Bertz CT molecular complexity index is 1470. The molecule has 0 aliphatic rings. The molecule has 41 heavy (non-hydrogen) atoms. The van der Waals surface area contributed by atoms with Crippen molar-refractivity contribution in [3.05, 3.63) is 112 Å². The van der Waals surface area contributed by atoms with Crippen molar-refractivity contribution in [1.82, 2.24) is 0 Å². The Hall–Kier alpha value is -3.55. The molecule has 0 N–H and O–H groups in total. The number of aryl methyl sites for hydroxylation is 4. The summed E-state index contributed by atoms with van der Waals surface area (Å²) < 4.78 is 102. The van der Waals surface area contributed by atoms with E-state index in [2.05, 4.69) is 6.92 Å². The molecule has 0 fully saturated rings. The summed E-state index contributed by atoms with van der Waals surface area (Å²) in [6.07, 6.45) is 0.156. The largest absolute Gasteiger partial charge is 0.493 e. The highest BCUT2D eigenvalue weighted by atomic mass is 19.4. The van der Waals surface area contributed by atoms with Gasteiger partial charge in [0.2, 0.25) is 0 Å². The number of unbranched alkanes of at least 4 members (excludes halogenated alkanes) is 3. The standard InChI is InChI=1S/C33H31F7O/c1-2-3-4-5-16-41-26-14-13-23(28(34)20-26)9-6-21-8-15-27-25(17-21)12-11-24(32(27)37)10-7-22-18-29(35)31(30(36)19-22)33(38,39)40/h8,11-15,17-20H,2-7,9-10,16H2,1H3. The van der Waals surface area contributed by atoms with Crippen molar-refractivity contribution in [2.24, 2.45) is 0 Å². The van der Waals surface area contributed by atoms with Gasteiger partial charge in [-0.3, -0.25) is 0 Å². The molecule has 0 spiro atoms. The third kappa shape index (κ3) is 7.80.